The van der Waals surface area contributed by atoms with Gasteiger partial charge in [-0.05, 0) is 37.0 Å². The SMILES string of the molecule is CNC(=O)c1cccc(NC(=O)N[C@@H]2CCC[C@H](C)C2)c1. The van der Waals surface area contributed by atoms with Crippen LogP contribution >= 0.6 is 0 Å². The first kappa shape index (κ1) is 15.4. The van der Waals surface area contributed by atoms with Crippen LogP contribution < -0.4 is 16.0 Å². The first-order valence-corrected chi connectivity index (χ1v) is 7.48. The first-order valence-electron chi connectivity index (χ1n) is 7.48. The zero-order chi connectivity index (χ0) is 15.2. The zero-order valence-electron chi connectivity index (χ0n) is 12.6. The van der Waals surface area contributed by atoms with E-state index in [1.54, 1.807) is 31.3 Å². The fourth-order valence-corrected chi connectivity index (χ4v) is 2.80. The highest BCUT2D eigenvalue weighted by atomic mass is 16.2. The molecule has 1 aliphatic rings. The van der Waals surface area contributed by atoms with Crippen molar-refractivity contribution in [3.8, 4) is 0 Å². The third-order valence-corrected chi connectivity index (χ3v) is 3.88. The molecule has 5 nitrogen and oxygen atoms in total. The molecular formula is C16H23N3O2. The van der Waals surface area contributed by atoms with Crippen molar-refractivity contribution in [2.75, 3.05) is 12.4 Å². The van der Waals surface area contributed by atoms with Gasteiger partial charge < -0.3 is 16.0 Å². The minimum atomic E-state index is -0.205. The number of hydrogen-bond donors (Lipinski definition) is 3. The van der Waals surface area contributed by atoms with Gasteiger partial charge in [0.2, 0.25) is 0 Å². The van der Waals surface area contributed by atoms with E-state index in [-0.39, 0.29) is 18.0 Å². The normalized spacial score (nSPS) is 21.4. The Balaban J connectivity index is 1.91. The Morgan fingerprint density at radius 1 is 1.24 bits per heavy atom. The molecule has 0 bridgehead atoms. The quantitative estimate of drug-likeness (QED) is 0.800. The average Bonchev–Trinajstić information content (AvgIpc) is 2.46. The van der Waals surface area contributed by atoms with E-state index in [2.05, 4.69) is 22.9 Å². The predicted octanol–water partition coefficient (Wildman–Crippen LogP) is 2.75. The van der Waals surface area contributed by atoms with Gasteiger partial charge in [0.25, 0.3) is 5.91 Å². The molecule has 1 aromatic rings. The number of rotatable bonds is 3. The van der Waals surface area contributed by atoms with Crippen LogP contribution in [0.3, 0.4) is 0 Å². The summed E-state index contributed by atoms with van der Waals surface area (Å²) >= 11 is 0. The average molecular weight is 289 g/mol. The summed E-state index contributed by atoms with van der Waals surface area (Å²) in [4.78, 5) is 23.6. The van der Waals surface area contributed by atoms with Crippen LogP contribution in [-0.4, -0.2) is 25.0 Å². The van der Waals surface area contributed by atoms with Crippen LogP contribution in [-0.2, 0) is 0 Å². The van der Waals surface area contributed by atoms with Gasteiger partial charge in [0.15, 0.2) is 0 Å². The van der Waals surface area contributed by atoms with Crippen LogP contribution in [0.15, 0.2) is 24.3 Å². The summed E-state index contributed by atoms with van der Waals surface area (Å²) in [5.41, 5.74) is 1.15. The van der Waals surface area contributed by atoms with Crippen LogP contribution in [0.4, 0.5) is 10.5 Å². The summed E-state index contributed by atoms with van der Waals surface area (Å²) in [5.74, 6) is 0.501. The standard InChI is InChI=1S/C16H23N3O2/c1-11-5-3-7-13(9-11)18-16(21)19-14-8-4-6-12(10-14)15(20)17-2/h4,6,8,10-11,13H,3,5,7,9H2,1-2H3,(H,17,20)(H2,18,19,21)/t11-,13+/m0/s1. The number of nitrogens with one attached hydrogen (secondary N) is 3. The molecule has 0 aliphatic heterocycles. The van der Waals surface area contributed by atoms with Crippen molar-refractivity contribution in [1.82, 2.24) is 10.6 Å². The Kier molecular flexibility index (Phi) is 5.20. The van der Waals surface area contributed by atoms with E-state index >= 15 is 0 Å². The molecule has 5 heteroatoms. The number of hydrogen-bond acceptors (Lipinski definition) is 2. The van der Waals surface area contributed by atoms with Crippen molar-refractivity contribution >= 4 is 17.6 Å². The summed E-state index contributed by atoms with van der Waals surface area (Å²) in [6, 6.07) is 6.95. The van der Waals surface area contributed by atoms with Gasteiger partial charge in [-0.25, -0.2) is 4.79 Å². The molecule has 1 aromatic carbocycles. The predicted molar refractivity (Wildman–Crippen MR) is 83.4 cm³/mol. The molecule has 0 aromatic heterocycles. The summed E-state index contributed by atoms with van der Waals surface area (Å²) < 4.78 is 0. The van der Waals surface area contributed by atoms with Crippen LogP contribution in [0.5, 0.6) is 0 Å². The topological polar surface area (TPSA) is 70.2 Å². The first-order chi connectivity index (χ1) is 10.1. The molecule has 21 heavy (non-hydrogen) atoms. The van der Waals surface area contributed by atoms with Crippen molar-refractivity contribution in [3.05, 3.63) is 29.8 Å². The Morgan fingerprint density at radius 2 is 2.05 bits per heavy atom. The largest absolute Gasteiger partial charge is 0.355 e. The van der Waals surface area contributed by atoms with E-state index in [1.165, 1.54) is 6.42 Å². The maximum absolute atomic E-state index is 12.0. The monoisotopic (exact) mass is 289 g/mol. The van der Waals surface area contributed by atoms with Crippen molar-refractivity contribution in [3.63, 3.8) is 0 Å². The molecule has 1 aliphatic carbocycles. The molecule has 114 valence electrons. The zero-order valence-corrected chi connectivity index (χ0v) is 12.6. The minimum Gasteiger partial charge on any atom is -0.355 e. The van der Waals surface area contributed by atoms with Gasteiger partial charge in [-0.3, -0.25) is 4.79 Å². The maximum atomic E-state index is 12.0. The van der Waals surface area contributed by atoms with Crippen molar-refractivity contribution in [2.45, 2.75) is 38.6 Å². The van der Waals surface area contributed by atoms with Crippen molar-refractivity contribution in [1.29, 1.82) is 0 Å². The molecular weight excluding hydrogens is 266 g/mol. The fourth-order valence-electron chi connectivity index (χ4n) is 2.80. The number of carbonyl (C=O) groups is 2. The summed E-state index contributed by atoms with van der Waals surface area (Å²) in [5, 5.41) is 8.37. The number of anilines is 1. The maximum Gasteiger partial charge on any atom is 0.319 e. The summed E-state index contributed by atoms with van der Waals surface area (Å²) in [6.45, 7) is 2.22. The fraction of sp³-hybridized carbons (Fsp3) is 0.500. The smallest absolute Gasteiger partial charge is 0.319 e. The molecule has 3 N–H and O–H groups in total. The van der Waals surface area contributed by atoms with E-state index < -0.39 is 0 Å². The highest BCUT2D eigenvalue weighted by Gasteiger charge is 2.20. The molecule has 0 saturated heterocycles. The van der Waals surface area contributed by atoms with Crippen LogP contribution in [0, 0.1) is 5.92 Å². The van der Waals surface area contributed by atoms with Crippen molar-refractivity contribution in [2.24, 2.45) is 5.92 Å². The number of carbonyl (C=O) groups excluding carboxylic acids is 2. The molecule has 1 saturated carbocycles. The van der Waals surface area contributed by atoms with Crippen LogP contribution in [0.2, 0.25) is 0 Å². The van der Waals surface area contributed by atoms with Crippen LogP contribution in [0.1, 0.15) is 43.0 Å². The molecule has 2 rings (SSSR count). The lowest BCUT2D eigenvalue weighted by molar-refractivity contribution is 0.0963. The lowest BCUT2D eigenvalue weighted by atomic mass is 9.87. The lowest BCUT2D eigenvalue weighted by Gasteiger charge is -2.27. The summed E-state index contributed by atoms with van der Waals surface area (Å²) in [7, 11) is 1.58. The number of urea groups is 1. The minimum absolute atomic E-state index is 0.167. The lowest BCUT2D eigenvalue weighted by Crippen LogP contribution is -2.40. The number of amides is 3. The highest BCUT2D eigenvalue weighted by Crippen LogP contribution is 2.23. The van der Waals surface area contributed by atoms with E-state index in [0.717, 1.165) is 19.3 Å². The Hall–Kier alpha value is -2.04. The third-order valence-electron chi connectivity index (χ3n) is 3.88. The Morgan fingerprint density at radius 3 is 2.76 bits per heavy atom. The van der Waals surface area contributed by atoms with Gasteiger partial charge >= 0.3 is 6.03 Å². The van der Waals surface area contributed by atoms with E-state index in [1.807, 2.05) is 0 Å². The Labute approximate surface area is 125 Å². The second kappa shape index (κ2) is 7.11. The van der Waals surface area contributed by atoms with E-state index in [4.69, 9.17) is 0 Å². The molecule has 0 radical (unpaired) electrons. The van der Waals surface area contributed by atoms with Gasteiger partial charge in [0.1, 0.15) is 0 Å². The van der Waals surface area contributed by atoms with E-state index in [0.29, 0.717) is 17.2 Å². The van der Waals surface area contributed by atoms with Gasteiger partial charge in [-0.15, -0.1) is 0 Å². The Bertz CT molecular complexity index is 516. The molecule has 1 fully saturated rings. The number of benzene rings is 1. The second-order valence-corrected chi connectivity index (χ2v) is 5.73. The van der Waals surface area contributed by atoms with E-state index in [9.17, 15) is 9.59 Å². The molecule has 2 atom stereocenters. The van der Waals surface area contributed by atoms with Gasteiger partial charge in [0, 0.05) is 24.3 Å². The highest BCUT2D eigenvalue weighted by molar-refractivity contribution is 5.96. The van der Waals surface area contributed by atoms with Gasteiger partial charge in [-0.1, -0.05) is 25.8 Å². The van der Waals surface area contributed by atoms with Crippen molar-refractivity contribution < 1.29 is 9.59 Å². The van der Waals surface area contributed by atoms with Gasteiger partial charge in [-0.2, -0.15) is 0 Å². The summed E-state index contributed by atoms with van der Waals surface area (Å²) in [6.07, 6.45) is 4.48. The van der Waals surface area contributed by atoms with Gasteiger partial charge in [0.05, 0.1) is 0 Å². The molecule has 0 spiro atoms. The molecule has 3 amide bonds. The van der Waals surface area contributed by atoms with Crippen LogP contribution in [0.25, 0.3) is 0 Å². The second-order valence-electron chi connectivity index (χ2n) is 5.73. The molecule has 0 heterocycles. The molecule has 0 unspecified atom stereocenters. The third kappa shape index (κ3) is 4.48.